The highest BCUT2D eigenvalue weighted by Gasteiger charge is 2.18. The van der Waals surface area contributed by atoms with Crippen molar-refractivity contribution in [2.75, 3.05) is 13.1 Å². The van der Waals surface area contributed by atoms with E-state index in [9.17, 15) is 9.18 Å². The van der Waals surface area contributed by atoms with E-state index < -0.39 is 5.82 Å². The second-order valence-corrected chi connectivity index (χ2v) is 5.69. The van der Waals surface area contributed by atoms with Crippen molar-refractivity contribution in [2.24, 2.45) is 0 Å². The monoisotopic (exact) mass is 293 g/mol. The molecule has 0 spiro atoms. The number of aryl methyl sites for hydroxylation is 1. The van der Waals surface area contributed by atoms with Crippen LogP contribution in [0.15, 0.2) is 18.2 Å². The van der Waals surface area contributed by atoms with Crippen molar-refractivity contribution in [3.05, 3.63) is 35.1 Å². The van der Waals surface area contributed by atoms with Crippen molar-refractivity contribution in [3.63, 3.8) is 0 Å². The average Bonchev–Trinajstić information content (AvgIpc) is 2.45. The van der Waals surface area contributed by atoms with Crippen LogP contribution in [-0.2, 0) is 0 Å². The molecule has 2 nitrogen and oxygen atoms in total. The van der Waals surface area contributed by atoms with E-state index in [4.69, 9.17) is 0 Å². The quantitative estimate of drug-likeness (QED) is 0.589. The third-order valence-electron chi connectivity index (χ3n) is 3.71. The molecule has 0 aromatic heterocycles. The Kier molecular flexibility index (Phi) is 8.03. The predicted molar refractivity (Wildman–Crippen MR) is 86.1 cm³/mol. The number of nitrogens with zero attached hydrogens (tertiary/aromatic N) is 1. The summed E-state index contributed by atoms with van der Waals surface area (Å²) in [5.41, 5.74) is 1.04. The Labute approximate surface area is 128 Å². The van der Waals surface area contributed by atoms with Gasteiger partial charge in [0.2, 0.25) is 0 Å². The fourth-order valence-corrected chi connectivity index (χ4v) is 2.38. The summed E-state index contributed by atoms with van der Waals surface area (Å²) in [6.45, 7) is 7.57. The highest BCUT2D eigenvalue weighted by Crippen LogP contribution is 2.14. The van der Waals surface area contributed by atoms with Crippen molar-refractivity contribution in [1.29, 1.82) is 0 Å². The van der Waals surface area contributed by atoms with Gasteiger partial charge in [0.25, 0.3) is 5.91 Å². The van der Waals surface area contributed by atoms with Crippen LogP contribution in [0.1, 0.15) is 68.3 Å². The third-order valence-corrected chi connectivity index (χ3v) is 3.71. The molecule has 0 N–H and O–H groups in total. The molecule has 0 radical (unpaired) electrons. The van der Waals surface area contributed by atoms with E-state index in [2.05, 4.69) is 13.8 Å². The average molecular weight is 293 g/mol. The van der Waals surface area contributed by atoms with Crippen LogP contribution in [-0.4, -0.2) is 23.9 Å². The molecule has 1 aromatic carbocycles. The van der Waals surface area contributed by atoms with Crippen LogP contribution in [0.25, 0.3) is 0 Å². The molecular formula is C18H28FNO. The molecule has 1 aromatic rings. The second kappa shape index (κ2) is 9.54. The maximum absolute atomic E-state index is 14.0. The first-order valence-corrected chi connectivity index (χ1v) is 8.15. The van der Waals surface area contributed by atoms with Crippen LogP contribution in [0.2, 0.25) is 0 Å². The summed E-state index contributed by atoms with van der Waals surface area (Å²) in [6, 6.07) is 4.84. The maximum atomic E-state index is 14.0. The largest absolute Gasteiger partial charge is 0.339 e. The molecule has 0 atom stereocenters. The first-order valence-electron chi connectivity index (χ1n) is 8.15. The Morgan fingerprint density at radius 3 is 2.10 bits per heavy atom. The van der Waals surface area contributed by atoms with Crippen LogP contribution < -0.4 is 0 Å². The minimum atomic E-state index is -0.406. The van der Waals surface area contributed by atoms with E-state index in [1.54, 1.807) is 12.1 Å². The number of amides is 1. The third kappa shape index (κ3) is 5.86. The normalized spacial score (nSPS) is 10.7. The van der Waals surface area contributed by atoms with E-state index in [1.807, 2.05) is 11.8 Å². The van der Waals surface area contributed by atoms with Gasteiger partial charge >= 0.3 is 0 Å². The summed E-state index contributed by atoms with van der Waals surface area (Å²) in [6.07, 6.45) is 6.43. The molecule has 0 heterocycles. The lowest BCUT2D eigenvalue weighted by Crippen LogP contribution is -2.33. The minimum absolute atomic E-state index is 0.167. The lowest BCUT2D eigenvalue weighted by Gasteiger charge is -2.23. The summed E-state index contributed by atoms with van der Waals surface area (Å²) in [7, 11) is 0. The summed E-state index contributed by atoms with van der Waals surface area (Å²) < 4.78 is 14.0. The molecule has 3 heteroatoms. The first kappa shape index (κ1) is 17.7. The molecule has 1 rings (SSSR count). The number of hydrogen-bond donors (Lipinski definition) is 0. The van der Waals surface area contributed by atoms with Crippen molar-refractivity contribution >= 4 is 5.91 Å². The number of hydrogen-bond acceptors (Lipinski definition) is 1. The van der Waals surface area contributed by atoms with E-state index in [-0.39, 0.29) is 11.5 Å². The number of unbranched alkanes of at least 4 members (excludes halogenated alkanes) is 4. The van der Waals surface area contributed by atoms with E-state index in [0.717, 1.165) is 57.2 Å². The number of rotatable bonds is 9. The fraction of sp³-hybridized carbons (Fsp3) is 0.611. The second-order valence-electron chi connectivity index (χ2n) is 5.69. The van der Waals surface area contributed by atoms with Crippen LogP contribution in [0, 0.1) is 12.7 Å². The zero-order valence-corrected chi connectivity index (χ0v) is 13.6. The Balaban J connectivity index is 2.76. The molecule has 0 saturated heterocycles. The van der Waals surface area contributed by atoms with Crippen LogP contribution in [0.3, 0.4) is 0 Å². The van der Waals surface area contributed by atoms with Gasteiger partial charge < -0.3 is 4.90 Å². The van der Waals surface area contributed by atoms with Gasteiger partial charge in [-0.05, 0) is 37.5 Å². The zero-order chi connectivity index (χ0) is 15.7. The number of halogens is 1. The fourth-order valence-electron chi connectivity index (χ4n) is 2.38. The van der Waals surface area contributed by atoms with E-state index in [0.29, 0.717) is 0 Å². The zero-order valence-electron chi connectivity index (χ0n) is 13.6. The highest BCUT2D eigenvalue weighted by atomic mass is 19.1. The predicted octanol–water partition coefficient (Wildman–Crippen LogP) is 4.96. The van der Waals surface area contributed by atoms with Gasteiger partial charge in [-0.3, -0.25) is 4.79 Å². The molecule has 118 valence electrons. The molecule has 0 aliphatic rings. The lowest BCUT2D eigenvalue weighted by atomic mass is 10.1. The molecule has 0 bridgehead atoms. The molecule has 1 amide bonds. The van der Waals surface area contributed by atoms with Crippen LogP contribution >= 0.6 is 0 Å². The van der Waals surface area contributed by atoms with Gasteiger partial charge in [0.1, 0.15) is 5.82 Å². The summed E-state index contributed by atoms with van der Waals surface area (Å²) >= 11 is 0. The van der Waals surface area contributed by atoms with Crippen LogP contribution in [0.5, 0.6) is 0 Å². The van der Waals surface area contributed by atoms with Gasteiger partial charge in [-0.2, -0.15) is 0 Å². The van der Waals surface area contributed by atoms with Crippen molar-refractivity contribution in [1.82, 2.24) is 4.90 Å². The first-order chi connectivity index (χ1) is 10.1. The number of carbonyl (C=O) groups excluding carboxylic acids is 1. The van der Waals surface area contributed by atoms with Crippen molar-refractivity contribution in [2.45, 2.75) is 59.3 Å². The summed E-state index contributed by atoms with van der Waals surface area (Å²) in [5, 5.41) is 0. The van der Waals surface area contributed by atoms with Gasteiger partial charge in [-0.1, -0.05) is 45.6 Å². The summed E-state index contributed by atoms with van der Waals surface area (Å²) in [5.74, 6) is -0.573. The highest BCUT2D eigenvalue weighted by molar-refractivity contribution is 5.94. The van der Waals surface area contributed by atoms with Gasteiger partial charge in [0.05, 0.1) is 5.56 Å². The van der Waals surface area contributed by atoms with Gasteiger partial charge in [0, 0.05) is 13.1 Å². The Bertz CT molecular complexity index is 435. The van der Waals surface area contributed by atoms with Crippen molar-refractivity contribution in [3.8, 4) is 0 Å². The summed E-state index contributed by atoms with van der Waals surface area (Å²) in [4.78, 5) is 14.4. The van der Waals surface area contributed by atoms with Crippen molar-refractivity contribution < 1.29 is 9.18 Å². The minimum Gasteiger partial charge on any atom is -0.339 e. The Morgan fingerprint density at radius 2 is 1.62 bits per heavy atom. The van der Waals surface area contributed by atoms with Gasteiger partial charge in [-0.25, -0.2) is 4.39 Å². The molecule has 0 aliphatic carbocycles. The SMILES string of the molecule is CCCCCN(CCCCC)C(=O)c1ccc(C)cc1F. The standard InChI is InChI=1S/C18H28FNO/c1-4-6-8-12-20(13-9-7-5-2)18(21)16-11-10-15(3)14-17(16)19/h10-11,14H,4-9,12-13H2,1-3H3. The van der Waals surface area contributed by atoms with Gasteiger partial charge in [-0.15, -0.1) is 0 Å². The smallest absolute Gasteiger partial charge is 0.256 e. The molecule has 0 aliphatic heterocycles. The topological polar surface area (TPSA) is 20.3 Å². The molecular weight excluding hydrogens is 265 g/mol. The van der Waals surface area contributed by atoms with Gasteiger partial charge in [0.15, 0.2) is 0 Å². The Morgan fingerprint density at radius 1 is 1.05 bits per heavy atom. The maximum Gasteiger partial charge on any atom is 0.256 e. The number of benzene rings is 1. The van der Waals surface area contributed by atoms with Crippen LogP contribution in [0.4, 0.5) is 4.39 Å². The molecule has 0 saturated carbocycles. The molecule has 0 unspecified atom stereocenters. The Hall–Kier alpha value is -1.38. The molecule has 0 fully saturated rings. The van der Waals surface area contributed by atoms with E-state index in [1.165, 1.54) is 6.07 Å². The lowest BCUT2D eigenvalue weighted by molar-refractivity contribution is 0.0745. The van der Waals surface area contributed by atoms with E-state index >= 15 is 0 Å². The molecule has 21 heavy (non-hydrogen) atoms. The number of carbonyl (C=O) groups is 1.